The van der Waals surface area contributed by atoms with Gasteiger partial charge >= 0.3 is 0 Å². The number of hydrogen-bond acceptors (Lipinski definition) is 2. The topological polar surface area (TPSA) is 40.9 Å². The molecule has 0 fully saturated rings. The van der Waals surface area contributed by atoms with Gasteiger partial charge in [0, 0.05) is 5.56 Å². The third kappa shape index (κ3) is 1.20. The highest BCUT2D eigenvalue weighted by Crippen LogP contribution is 1.99. The summed E-state index contributed by atoms with van der Waals surface area (Å²) in [6.07, 6.45) is 0.450. The Hall–Kier alpha value is -1.62. The van der Waals surface area contributed by atoms with Gasteiger partial charge in [0.25, 0.3) is 0 Å². The molecule has 48 valence electrons. The summed E-state index contributed by atoms with van der Waals surface area (Å²) < 4.78 is 14.5. The van der Waals surface area contributed by atoms with Gasteiger partial charge in [-0.05, 0) is 12.1 Å². The van der Waals surface area contributed by atoms with Crippen LogP contribution >= 0.6 is 0 Å². The number of nitriles is 1. The first-order valence-corrected chi connectivity index (χ1v) is 2.65. The Labute approximate surface area is 61.5 Å². The van der Waals surface area contributed by atoms with Crippen LogP contribution in [0.2, 0.25) is 0 Å². The third-order valence-corrected chi connectivity index (χ3v) is 1.01. The normalized spacial score (nSPS) is 11.1. The first kappa shape index (κ1) is 4.24. The van der Waals surface area contributed by atoms with E-state index >= 15 is 0 Å². The van der Waals surface area contributed by atoms with Crippen LogP contribution in [0.1, 0.15) is 18.7 Å². The van der Waals surface area contributed by atoms with Crippen LogP contribution in [0.4, 0.5) is 0 Å². The second kappa shape index (κ2) is 2.79. The number of aldehydes is 1. The van der Waals surface area contributed by atoms with Gasteiger partial charge in [0.1, 0.15) is 6.29 Å². The van der Waals surface area contributed by atoms with Crippen molar-refractivity contribution in [1.82, 2.24) is 0 Å². The molecule has 0 radical (unpaired) electrons. The molecule has 1 rings (SSSR count). The number of carbonyl (C=O) groups excluding carboxylic acids is 1. The molecule has 0 heterocycles. The number of benzene rings is 1. The van der Waals surface area contributed by atoms with E-state index in [9.17, 15) is 4.79 Å². The molecule has 0 N–H and O–H groups in total. The van der Waals surface area contributed by atoms with Crippen molar-refractivity contribution < 1.29 is 7.54 Å². The van der Waals surface area contributed by atoms with Crippen LogP contribution in [-0.4, -0.2) is 6.29 Å². The molecule has 0 amide bonds. The molecular formula is C8H5NO. The van der Waals surface area contributed by atoms with Gasteiger partial charge in [0.15, 0.2) is 0 Å². The molecule has 1 aromatic carbocycles. The van der Waals surface area contributed by atoms with Crippen molar-refractivity contribution in [3.63, 3.8) is 0 Å². The Morgan fingerprint density at radius 2 is 2.20 bits per heavy atom. The van der Waals surface area contributed by atoms with Gasteiger partial charge in [-0.25, -0.2) is 0 Å². The fourth-order valence-corrected chi connectivity index (χ4v) is 0.527. The second-order valence-corrected chi connectivity index (χ2v) is 1.68. The number of hydrogen-bond donors (Lipinski definition) is 0. The van der Waals surface area contributed by atoms with Crippen molar-refractivity contribution in [1.29, 1.82) is 5.26 Å². The number of carbonyl (C=O) groups is 1. The van der Waals surface area contributed by atoms with Crippen molar-refractivity contribution in [3.05, 3.63) is 35.3 Å². The van der Waals surface area contributed by atoms with E-state index in [1.807, 2.05) is 0 Å². The predicted octanol–water partition coefficient (Wildman–Crippen LogP) is 1.37. The van der Waals surface area contributed by atoms with Crippen LogP contribution in [0.3, 0.4) is 0 Å². The average molecular weight is 133 g/mol. The van der Waals surface area contributed by atoms with Gasteiger partial charge < -0.3 is 0 Å². The summed E-state index contributed by atoms with van der Waals surface area (Å²) in [4.78, 5) is 10.3. The quantitative estimate of drug-likeness (QED) is 0.543. The Balaban J connectivity index is 3.39. The molecule has 0 aliphatic rings. The lowest BCUT2D eigenvalue weighted by Gasteiger charge is -1.87. The molecule has 0 bridgehead atoms. The molecule has 0 aliphatic heterocycles. The van der Waals surface area contributed by atoms with Crippen molar-refractivity contribution in [2.45, 2.75) is 0 Å². The van der Waals surface area contributed by atoms with E-state index in [4.69, 9.17) is 8.00 Å². The van der Waals surface area contributed by atoms with E-state index in [1.54, 1.807) is 6.07 Å². The third-order valence-electron chi connectivity index (χ3n) is 1.01. The number of nitrogens with zero attached hydrogens (tertiary/aromatic N) is 1. The fraction of sp³-hybridized carbons (Fsp3) is 0. The van der Waals surface area contributed by atoms with E-state index in [1.165, 1.54) is 12.1 Å². The highest BCUT2D eigenvalue weighted by Gasteiger charge is 1.88. The van der Waals surface area contributed by atoms with Gasteiger partial charge in [-0.3, -0.25) is 4.79 Å². The van der Waals surface area contributed by atoms with Crippen LogP contribution in [0.5, 0.6) is 0 Å². The summed E-state index contributed by atoms with van der Waals surface area (Å²) in [5.74, 6) is 0. The Morgan fingerprint density at radius 3 is 2.60 bits per heavy atom. The molecule has 0 unspecified atom stereocenters. The van der Waals surface area contributed by atoms with Crippen molar-refractivity contribution in [2.75, 3.05) is 0 Å². The fourth-order valence-electron chi connectivity index (χ4n) is 0.527. The largest absolute Gasteiger partial charge is 0.298 e. The molecule has 0 saturated heterocycles. The molecular weight excluding hydrogens is 126 g/mol. The minimum absolute atomic E-state index is 0.0222. The molecule has 0 atom stereocenters. The van der Waals surface area contributed by atoms with Crippen molar-refractivity contribution >= 4 is 6.29 Å². The lowest BCUT2D eigenvalue weighted by atomic mass is 10.2. The first-order chi connectivity index (χ1) is 5.69. The standard InChI is InChI=1S/C8H5NO/c9-5-7-1-3-8(6-10)4-2-7/h1-4,6H/i3D,4D. The van der Waals surface area contributed by atoms with Crippen LogP contribution in [0.25, 0.3) is 0 Å². The molecule has 2 nitrogen and oxygen atoms in total. The molecule has 0 spiro atoms. The van der Waals surface area contributed by atoms with Gasteiger partial charge in [-0.15, -0.1) is 0 Å². The Morgan fingerprint density at radius 1 is 1.60 bits per heavy atom. The summed E-state index contributed by atoms with van der Waals surface area (Å²) in [5, 5.41) is 8.45. The molecule has 1 aromatic rings. The molecule has 0 aliphatic carbocycles. The van der Waals surface area contributed by atoms with E-state index in [0.29, 0.717) is 6.29 Å². The van der Waals surface area contributed by atoms with Crippen molar-refractivity contribution in [3.8, 4) is 6.07 Å². The highest BCUT2D eigenvalue weighted by molar-refractivity contribution is 5.74. The molecule has 0 saturated carbocycles. The Bertz CT molecular complexity index is 345. The van der Waals surface area contributed by atoms with Crippen LogP contribution in [0.15, 0.2) is 24.2 Å². The second-order valence-electron chi connectivity index (χ2n) is 1.68. The lowest BCUT2D eigenvalue weighted by Crippen LogP contribution is -1.78. The highest BCUT2D eigenvalue weighted by atomic mass is 16.1. The van der Waals surface area contributed by atoms with Crippen LogP contribution in [0, 0.1) is 11.3 Å². The van der Waals surface area contributed by atoms with Gasteiger partial charge in [-0.2, -0.15) is 5.26 Å². The van der Waals surface area contributed by atoms with E-state index < -0.39 is 0 Å². The SMILES string of the molecule is [2H]c1cc(C#N)cc([2H])c1C=O. The summed E-state index contributed by atoms with van der Waals surface area (Å²) in [6.45, 7) is 0. The van der Waals surface area contributed by atoms with Gasteiger partial charge in [0.2, 0.25) is 0 Å². The maximum Gasteiger partial charge on any atom is 0.150 e. The maximum absolute atomic E-state index is 10.3. The molecule has 10 heavy (non-hydrogen) atoms. The first-order valence-electron chi connectivity index (χ1n) is 3.65. The Kier molecular flexibility index (Phi) is 1.18. The predicted molar refractivity (Wildman–Crippen MR) is 36.5 cm³/mol. The van der Waals surface area contributed by atoms with Crippen LogP contribution < -0.4 is 0 Å². The smallest absolute Gasteiger partial charge is 0.150 e. The van der Waals surface area contributed by atoms with Crippen LogP contribution in [-0.2, 0) is 0 Å². The van der Waals surface area contributed by atoms with E-state index in [0.717, 1.165) is 0 Å². The van der Waals surface area contributed by atoms with Gasteiger partial charge in [0.05, 0.1) is 14.4 Å². The summed E-state index contributed by atoms with van der Waals surface area (Å²) >= 11 is 0. The summed E-state index contributed by atoms with van der Waals surface area (Å²) in [5.41, 5.74) is 0.254. The van der Waals surface area contributed by atoms with Crippen molar-refractivity contribution in [2.24, 2.45) is 0 Å². The average Bonchev–Trinajstić information content (AvgIpc) is 2.03. The zero-order valence-electron chi connectivity index (χ0n) is 7.09. The monoisotopic (exact) mass is 133 g/mol. The zero-order valence-corrected chi connectivity index (χ0v) is 5.09. The van der Waals surface area contributed by atoms with E-state index in [-0.39, 0.29) is 23.2 Å². The minimum atomic E-state index is -0.0750. The summed E-state index contributed by atoms with van der Waals surface area (Å²) in [6, 6.07) is 4.19. The number of rotatable bonds is 1. The van der Waals surface area contributed by atoms with Gasteiger partial charge in [-0.1, -0.05) is 12.1 Å². The molecule has 2 heteroatoms. The van der Waals surface area contributed by atoms with E-state index in [2.05, 4.69) is 0 Å². The lowest BCUT2D eigenvalue weighted by molar-refractivity contribution is 0.112. The molecule has 0 aromatic heterocycles. The summed E-state index contributed by atoms with van der Waals surface area (Å²) in [7, 11) is 0. The maximum atomic E-state index is 10.3. The minimum Gasteiger partial charge on any atom is -0.298 e. The zero-order chi connectivity index (χ0) is 9.14.